The van der Waals surface area contributed by atoms with E-state index in [1.54, 1.807) is 24.4 Å². The number of aromatic amines is 1. The maximum Gasteiger partial charge on any atom is 0.223 e. The predicted octanol–water partition coefficient (Wildman–Crippen LogP) is 2.00. The number of rotatable bonds is 8. The molecular formula is C22H25FN6O4. The Morgan fingerprint density at radius 1 is 1.27 bits per heavy atom. The molecule has 0 saturated carbocycles. The second-order valence-corrected chi connectivity index (χ2v) is 8.18. The van der Waals surface area contributed by atoms with E-state index in [1.807, 2.05) is 6.92 Å². The number of aromatic nitrogens is 4. The number of nitrogens with zero attached hydrogens (tertiary/aromatic N) is 3. The summed E-state index contributed by atoms with van der Waals surface area (Å²) in [5, 5.41) is 12.5. The van der Waals surface area contributed by atoms with Crippen LogP contribution < -0.4 is 11.1 Å². The average molecular weight is 456 g/mol. The summed E-state index contributed by atoms with van der Waals surface area (Å²) in [5.41, 5.74) is 7.00. The Morgan fingerprint density at radius 2 is 2.00 bits per heavy atom. The monoisotopic (exact) mass is 456 g/mol. The first-order valence-corrected chi connectivity index (χ1v) is 10.4. The number of carbonyl (C=O) groups excluding carboxylic acids is 1. The van der Waals surface area contributed by atoms with E-state index >= 15 is 0 Å². The summed E-state index contributed by atoms with van der Waals surface area (Å²) in [6, 6.07) is 7.65. The second kappa shape index (κ2) is 9.61. The van der Waals surface area contributed by atoms with Gasteiger partial charge in [0.25, 0.3) is 0 Å². The van der Waals surface area contributed by atoms with E-state index in [0.717, 1.165) is 0 Å². The molecule has 0 atom stereocenters. The number of amides is 1. The maximum atomic E-state index is 13.5. The van der Waals surface area contributed by atoms with Crippen molar-refractivity contribution < 1.29 is 23.8 Å². The largest absolute Gasteiger partial charge is 0.396 e. The van der Waals surface area contributed by atoms with E-state index in [0.29, 0.717) is 54.2 Å². The van der Waals surface area contributed by atoms with E-state index in [1.165, 1.54) is 12.1 Å². The molecule has 1 aromatic carbocycles. The van der Waals surface area contributed by atoms with Crippen LogP contribution in [0.15, 0.2) is 36.5 Å². The molecule has 11 heteroatoms. The molecule has 1 saturated heterocycles. The minimum atomic E-state index is -0.757. The number of halogens is 1. The number of imidazole rings is 1. The molecule has 33 heavy (non-hydrogen) atoms. The third-order valence-corrected chi connectivity index (χ3v) is 5.18. The second-order valence-electron chi connectivity index (χ2n) is 8.18. The lowest BCUT2D eigenvalue weighted by Gasteiger charge is -2.35. The summed E-state index contributed by atoms with van der Waals surface area (Å²) in [5.74, 6) is -0.0495. The minimum absolute atomic E-state index is 0.0591. The number of ether oxygens (including phenoxy) is 2. The quantitative estimate of drug-likeness (QED) is 0.402. The third-order valence-electron chi connectivity index (χ3n) is 5.18. The van der Waals surface area contributed by atoms with Crippen molar-refractivity contribution in [2.24, 2.45) is 11.1 Å². The van der Waals surface area contributed by atoms with E-state index in [4.69, 9.17) is 15.2 Å². The highest BCUT2D eigenvalue weighted by molar-refractivity contribution is 5.77. The van der Waals surface area contributed by atoms with Crippen molar-refractivity contribution in [2.45, 2.75) is 19.6 Å². The zero-order valence-corrected chi connectivity index (χ0v) is 18.0. The van der Waals surface area contributed by atoms with Crippen molar-refractivity contribution in [1.29, 1.82) is 0 Å². The molecule has 5 N–H and O–H groups in total. The third kappa shape index (κ3) is 5.33. The summed E-state index contributed by atoms with van der Waals surface area (Å²) in [6.07, 6.45) is 0.961. The average Bonchev–Trinajstić information content (AvgIpc) is 3.25. The number of carbonyl (C=O) groups is 1. The molecule has 1 fully saturated rings. The number of aliphatic hydroxyl groups excluding tert-OH is 1. The molecule has 1 aliphatic rings. The van der Waals surface area contributed by atoms with Gasteiger partial charge in [0, 0.05) is 30.1 Å². The number of benzene rings is 1. The summed E-state index contributed by atoms with van der Waals surface area (Å²) < 4.78 is 25.1. The summed E-state index contributed by atoms with van der Waals surface area (Å²) in [7, 11) is 0. The van der Waals surface area contributed by atoms with Crippen LogP contribution in [0.4, 0.5) is 10.3 Å². The number of anilines is 1. The lowest BCUT2D eigenvalue weighted by atomic mass is 9.94. The van der Waals surface area contributed by atoms with Gasteiger partial charge in [-0.25, -0.2) is 19.3 Å². The van der Waals surface area contributed by atoms with E-state index in [9.17, 15) is 14.3 Å². The highest BCUT2D eigenvalue weighted by Gasteiger charge is 2.34. The summed E-state index contributed by atoms with van der Waals surface area (Å²) >= 11 is 0. The number of aliphatic hydroxyl groups is 1. The lowest BCUT2D eigenvalue weighted by Crippen LogP contribution is -2.39. The highest BCUT2D eigenvalue weighted by Crippen LogP contribution is 2.35. The van der Waals surface area contributed by atoms with Crippen LogP contribution in [0.2, 0.25) is 0 Å². The van der Waals surface area contributed by atoms with E-state index in [-0.39, 0.29) is 18.8 Å². The molecule has 0 aliphatic carbocycles. The van der Waals surface area contributed by atoms with Gasteiger partial charge in [0.05, 0.1) is 36.9 Å². The van der Waals surface area contributed by atoms with Crippen LogP contribution in [0.3, 0.4) is 0 Å². The SMILES string of the molecule is CC1(CO)COC(c2nc(-c3ccc(F)cc3)c(-c3ccnc(NCCC(N)=O)n3)[nH]2)OC1. The van der Waals surface area contributed by atoms with Gasteiger partial charge < -0.3 is 30.6 Å². The van der Waals surface area contributed by atoms with Crippen molar-refractivity contribution >= 4 is 11.9 Å². The number of nitrogens with one attached hydrogen (secondary N) is 2. The molecule has 3 aromatic rings. The standard InChI is InChI=1S/C22H25FN6O4/c1-22(10-30)11-32-20(33-12-22)19-28-17(13-2-4-14(23)5-3-13)18(29-19)15-6-8-25-21(27-15)26-9-7-16(24)31/h2-6,8,20,30H,7,9-12H2,1H3,(H2,24,31)(H,28,29)(H,25,26,27). The molecule has 1 amide bonds. The molecule has 4 rings (SSSR count). The van der Waals surface area contributed by atoms with Crippen LogP contribution >= 0.6 is 0 Å². The molecule has 10 nitrogen and oxygen atoms in total. The molecule has 174 valence electrons. The van der Waals surface area contributed by atoms with Gasteiger partial charge in [-0.3, -0.25) is 4.79 Å². The van der Waals surface area contributed by atoms with Crippen LogP contribution in [-0.2, 0) is 14.3 Å². The summed E-state index contributed by atoms with van der Waals surface area (Å²) in [6.45, 7) is 2.71. The number of primary amides is 1. The van der Waals surface area contributed by atoms with Crippen molar-refractivity contribution in [1.82, 2.24) is 19.9 Å². The van der Waals surface area contributed by atoms with Gasteiger partial charge in [-0.2, -0.15) is 0 Å². The number of nitrogens with two attached hydrogens (primary N) is 1. The molecule has 1 aliphatic heterocycles. The van der Waals surface area contributed by atoms with E-state index in [2.05, 4.69) is 25.3 Å². The normalized spacial score (nSPS) is 20.5. The van der Waals surface area contributed by atoms with Crippen molar-refractivity contribution in [2.75, 3.05) is 31.7 Å². The van der Waals surface area contributed by atoms with Crippen LogP contribution in [0.5, 0.6) is 0 Å². The van der Waals surface area contributed by atoms with Crippen molar-refractivity contribution in [3.05, 3.63) is 48.2 Å². The molecule has 0 spiro atoms. The fourth-order valence-corrected chi connectivity index (χ4v) is 3.28. The van der Waals surface area contributed by atoms with Crippen LogP contribution in [-0.4, -0.2) is 57.3 Å². The van der Waals surface area contributed by atoms with Crippen molar-refractivity contribution in [3.8, 4) is 22.6 Å². The highest BCUT2D eigenvalue weighted by atomic mass is 19.1. The van der Waals surface area contributed by atoms with Gasteiger partial charge in [0.15, 0.2) is 5.82 Å². The Morgan fingerprint density at radius 3 is 2.67 bits per heavy atom. The molecule has 3 heterocycles. The summed E-state index contributed by atoms with van der Waals surface area (Å²) in [4.78, 5) is 27.5. The first-order chi connectivity index (χ1) is 15.9. The Kier molecular flexibility index (Phi) is 6.63. The number of hydrogen-bond acceptors (Lipinski definition) is 8. The Labute approximate surface area is 189 Å². The Balaban J connectivity index is 1.66. The van der Waals surface area contributed by atoms with Crippen LogP contribution in [0, 0.1) is 11.2 Å². The smallest absolute Gasteiger partial charge is 0.223 e. The van der Waals surface area contributed by atoms with Gasteiger partial charge in [0.2, 0.25) is 18.1 Å². The molecule has 0 bridgehead atoms. The first kappa shape index (κ1) is 22.8. The number of hydrogen-bond donors (Lipinski definition) is 4. The maximum absolute atomic E-state index is 13.5. The topological polar surface area (TPSA) is 148 Å². The van der Waals surface area contributed by atoms with Gasteiger partial charge in [0.1, 0.15) is 5.82 Å². The predicted molar refractivity (Wildman–Crippen MR) is 117 cm³/mol. The Hall–Kier alpha value is -3.41. The number of H-pyrrole nitrogens is 1. The zero-order chi connectivity index (χ0) is 23.4. The lowest BCUT2D eigenvalue weighted by molar-refractivity contribution is -0.239. The van der Waals surface area contributed by atoms with E-state index < -0.39 is 17.6 Å². The van der Waals surface area contributed by atoms with Gasteiger partial charge in [-0.05, 0) is 30.3 Å². The van der Waals surface area contributed by atoms with Gasteiger partial charge in [-0.1, -0.05) is 6.92 Å². The fraction of sp³-hybridized carbons (Fsp3) is 0.364. The molecule has 0 unspecified atom stereocenters. The van der Waals surface area contributed by atoms with Crippen LogP contribution in [0.1, 0.15) is 25.5 Å². The molecule has 0 radical (unpaired) electrons. The zero-order valence-electron chi connectivity index (χ0n) is 18.0. The first-order valence-electron chi connectivity index (χ1n) is 10.4. The van der Waals surface area contributed by atoms with Gasteiger partial charge in [-0.15, -0.1) is 0 Å². The van der Waals surface area contributed by atoms with Gasteiger partial charge >= 0.3 is 0 Å². The molecular weight excluding hydrogens is 431 g/mol. The molecule has 2 aromatic heterocycles. The van der Waals surface area contributed by atoms with Crippen molar-refractivity contribution in [3.63, 3.8) is 0 Å². The van der Waals surface area contributed by atoms with Crippen LogP contribution in [0.25, 0.3) is 22.6 Å². The fourth-order valence-electron chi connectivity index (χ4n) is 3.28. The minimum Gasteiger partial charge on any atom is -0.396 e. The Bertz CT molecular complexity index is 1110.